The van der Waals surface area contributed by atoms with E-state index in [4.69, 9.17) is 9.47 Å². The summed E-state index contributed by atoms with van der Waals surface area (Å²) >= 11 is 1.14. The molecule has 4 aromatic rings. The highest BCUT2D eigenvalue weighted by Gasteiger charge is 2.13. The fourth-order valence-corrected chi connectivity index (χ4v) is 4.17. The van der Waals surface area contributed by atoms with Crippen LogP contribution in [0.15, 0.2) is 77.9 Å². The largest absolute Gasteiger partial charge is 0.490 e. The first kappa shape index (κ1) is 26.5. The molecule has 9 nitrogen and oxygen atoms in total. The number of hydrogen-bond donors (Lipinski definition) is 2. The molecule has 1 aromatic heterocycles. The number of rotatable bonds is 11. The quantitative estimate of drug-likeness (QED) is 0.167. The van der Waals surface area contributed by atoms with E-state index >= 15 is 0 Å². The standard InChI is InChI=1S/C28H27N5O4S/c1-19-8-3-5-12-23(19)27(35)30-28-33-32-26(38-28)17-25(34)31-29-18-21-10-7-11-22(16-21)36-14-15-37-24-13-6-4-9-20(24)2/h3-13,16,18H,14-15,17H2,1-2H3,(H,31,34)(H,30,33,35)/b29-18+. The maximum absolute atomic E-state index is 12.4. The Morgan fingerprint density at radius 3 is 2.50 bits per heavy atom. The van der Waals surface area contributed by atoms with Crippen LogP contribution in [0, 0.1) is 13.8 Å². The van der Waals surface area contributed by atoms with Crippen LogP contribution in [0.25, 0.3) is 0 Å². The van der Waals surface area contributed by atoms with Gasteiger partial charge in [0.15, 0.2) is 0 Å². The number of para-hydroxylation sites is 1. The number of ether oxygens (including phenoxy) is 2. The molecule has 0 spiro atoms. The Morgan fingerprint density at radius 1 is 0.921 bits per heavy atom. The zero-order chi connectivity index (χ0) is 26.7. The van der Waals surface area contributed by atoms with E-state index in [9.17, 15) is 9.59 Å². The minimum atomic E-state index is -0.352. The van der Waals surface area contributed by atoms with Gasteiger partial charge in [0.25, 0.3) is 5.91 Å². The molecule has 0 saturated carbocycles. The molecule has 38 heavy (non-hydrogen) atoms. The van der Waals surface area contributed by atoms with Gasteiger partial charge in [-0.05, 0) is 54.8 Å². The van der Waals surface area contributed by atoms with Gasteiger partial charge in [0.2, 0.25) is 11.0 Å². The third-order valence-electron chi connectivity index (χ3n) is 5.35. The van der Waals surface area contributed by atoms with E-state index in [0.29, 0.717) is 34.7 Å². The van der Waals surface area contributed by atoms with Crippen molar-refractivity contribution in [3.05, 3.63) is 100 Å². The lowest BCUT2D eigenvalue weighted by Gasteiger charge is -2.10. The monoisotopic (exact) mass is 529 g/mol. The van der Waals surface area contributed by atoms with Crippen molar-refractivity contribution in [3.8, 4) is 11.5 Å². The van der Waals surface area contributed by atoms with Crippen molar-refractivity contribution >= 4 is 34.5 Å². The zero-order valence-corrected chi connectivity index (χ0v) is 21.8. The fourth-order valence-electron chi connectivity index (χ4n) is 3.44. The van der Waals surface area contributed by atoms with Gasteiger partial charge in [0.05, 0.1) is 12.6 Å². The van der Waals surface area contributed by atoms with E-state index in [1.807, 2.05) is 74.5 Å². The third kappa shape index (κ3) is 7.71. The summed E-state index contributed by atoms with van der Waals surface area (Å²) in [6.07, 6.45) is 1.52. The average molecular weight is 530 g/mol. The molecule has 2 N–H and O–H groups in total. The third-order valence-corrected chi connectivity index (χ3v) is 6.19. The first-order valence-corrected chi connectivity index (χ1v) is 12.7. The second kappa shape index (κ2) is 13.1. The summed E-state index contributed by atoms with van der Waals surface area (Å²) in [5.41, 5.74) is 5.73. The molecule has 0 bridgehead atoms. The van der Waals surface area contributed by atoms with Gasteiger partial charge in [-0.3, -0.25) is 14.9 Å². The summed E-state index contributed by atoms with van der Waals surface area (Å²) in [7, 11) is 0. The number of carbonyl (C=O) groups is 2. The number of aromatic nitrogens is 2. The van der Waals surface area contributed by atoms with Crippen molar-refractivity contribution in [2.45, 2.75) is 20.3 Å². The molecule has 0 fully saturated rings. The van der Waals surface area contributed by atoms with Crippen molar-refractivity contribution in [2.75, 3.05) is 18.5 Å². The summed E-state index contributed by atoms with van der Waals surface area (Å²) in [6.45, 7) is 4.66. The second-order valence-electron chi connectivity index (χ2n) is 8.27. The topological polar surface area (TPSA) is 115 Å². The van der Waals surface area contributed by atoms with E-state index in [2.05, 4.69) is 26.0 Å². The maximum atomic E-state index is 12.4. The Hall–Kier alpha value is -4.57. The molecule has 2 amide bonds. The molecular formula is C28H27N5O4S. The summed E-state index contributed by atoms with van der Waals surface area (Å²) in [6, 6.07) is 22.4. The Kier molecular flexibility index (Phi) is 9.14. The Morgan fingerprint density at radius 2 is 1.68 bits per heavy atom. The lowest BCUT2D eigenvalue weighted by atomic mass is 10.1. The van der Waals surface area contributed by atoms with E-state index in [0.717, 1.165) is 33.8 Å². The van der Waals surface area contributed by atoms with Crippen LogP contribution in [0.1, 0.15) is 32.1 Å². The van der Waals surface area contributed by atoms with E-state index in [-0.39, 0.29) is 18.2 Å². The lowest BCUT2D eigenvalue weighted by Crippen LogP contribution is -2.19. The van der Waals surface area contributed by atoms with Gasteiger partial charge in [-0.25, -0.2) is 5.43 Å². The van der Waals surface area contributed by atoms with Gasteiger partial charge in [-0.1, -0.05) is 59.9 Å². The molecule has 0 unspecified atom stereocenters. The normalized spacial score (nSPS) is 10.8. The zero-order valence-electron chi connectivity index (χ0n) is 21.0. The van der Waals surface area contributed by atoms with Crippen LogP contribution in [0.4, 0.5) is 5.13 Å². The van der Waals surface area contributed by atoms with E-state index in [1.165, 1.54) is 6.21 Å². The minimum Gasteiger partial charge on any atom is -0.490 e. The Bertz CT molecular complexity index is 1440. The Labute approximate surface area is 224 Å². The predicted molar refractivity (Wildman–Crippen MR) is 147 cm³/mol. The molecule has 0 aliphatic rings. The van der Waals surface area contributed by atoms with Crippen molar-refractivity contribution in [2.24, 2.45) is 5.10 Å². The predicted octanol–water partition coefficient (Wildman–Crippen LogP) is 4.56. The number of anilines is 1. The van der Waals surface area contributed by atoms with Crippen LogP contribution in [0.3, 0.4) is 0 Å². The number of amides is 2. The lowest BCUT2D eigenvalue weighted by molar-refractivity contribution is -0.120. The highest BCUT2D eigenvalue weighted by atomic mass is 32.1. The molecule has 194 valence electrons. The molecule has 4 rings (SSSR count). The van der Waals surface area contributed by atoms with Crippen molar-refractivity contribution in [1.29, 1.82) is 0 Å². The van der Waals surface area contributed by atoms with Gasteiger partial charge < -0.3 is 9.47 Å². The highest BCUT2D eigenvalue weighted by molar-refractivity contribution is 7.15. The number of nitrogens with zero attached hydrogens (tertiary/aromatic N) is 3. The highest BCUT2D eigenvalue weighted by Crippen LogP contribution is 2.18. The van der Waals surface area contributed by atoms with Crippen LogP contribution in [-0.2, 0) is 11.2 Å². The average Bonchev–Trinajstić information content (AvgIpc) is 3.34. The molecule has 0 aliphatic carbocycles. The summed E-state index contributed by atoms with van der Waals surface area (Å²) in [5.74, 6) is 0.882. The molecule has 10 heteroatoms. The van der Waals surface area contributed by atoms with Gasteiger partial charge >= 0.3 is 0 Å². The number of hydrogen-bond acceptors (Lipinski definition) is 8. The number of hydrazone groups is 1. The number of benzene rings is 3. The van der Waals surface area contributed by atoms with Crippen LogP contribution in [-0.4, -0.2) is 41.4 Å². The summed E-state index contributed by atoms with van der Waals surface area (Å²) in [5, 5.41) is 15.4. The van der Waals surface area contributed by atoms with Crippen LogP contribution in [0.5, 0.6) is 11.5 Å². The fraction of sp³-hybridized carbons (Fsp3) is 0.179. The Balaban J connectivity index is 1.21. The molecule has 0 saturated heterocycles. The van der Waals surface area contributed by atoms with Crippen LogP contribution >= 0.6 is 11.3 Å². The minimum absolute atomic E-state index is 0.0146. The molecule has 0 atom stereocenters. The maximum Gasteiger partial charge on any atom is 0.257 e. The van der Waals surface area contributed by atoms with Gasteiger partial charge in [-0.15, -0.1) is 10.2 Å². The van der Waals surface area contributed by atoms with Gasteiger partial charge in [0.1, 0.15) is 29.7 Å². The number of nitrogens with one attached hydrogen (secondary N) is 2. The molecule has 0 radical (unpaired) electrons. The molecular weight excluding hydrogens is 502 g/mol. The van der Waals surface area contributed by atoms with Crippen molar-refractivity contribution < 1.29 is 19.1 Å². The summed E-state index contributed by atoms with van der Waals surface area (Å²) in [4.78, 5) is 24.7. The first-order chi connectivity index (χ1) is 18.5. The molecule has 0 aliphatic heterocycles. The molecule has 3 aromatic carbocycles. The van der Waals surface area contributed by atoms with E-state index < -0.39 is 0 Å². The smallest absolute Gasteiger partial charge is 0.257 e. The number of aryl methyl sites for hydroxylation is 2. The van der Waals surface area contributed by atoms with E-state index in [1.54, 1.807) is 12.1 Å². The first-order valence-electron chi connectivity index (χ1n) is 11.9. The van der Waals surface area contributed by atoms with Crippen LogP contribution < -0.4 is 20.2 Å². The summed E-state index contributed by atoms with van der Waals surface area (Å²) < 4.78 is 11.5. The van der Waals surface area contributed by atoms with Gasteiger partial charge in [0, 0.05) is 5.56 Å². The van der Waals surface area contributed by atoms with Crippen molar-refractivity contribution in [1.82, 2.24) is 15.6 Å². The SMILES string of the molecule is Cc1ccccc1OCCOc1cccc(/C=N/NC(=O)Cc2nnc(NC(=O)c3ccccc3C)s2)c1. The molecule has 1 heterocycles. The van der Waals surface area contributed by atoms with Crippen molar-refractivity contribution in [3.63, 3.8) is 0 Å². The number of carbonyl (C=O) groups excluding carboxylic acids is 2. The van der Waals surface area contributed by atoms with Crippen LogP contribution in [0.2, 0.25) is 0 Å². The van der Waals surface area contributed by atoms with Gasteiger partial charge in [-0.2, -0.15) is 5.10 Å². The second-order valence-corrected chi connectivity index (χ2v) is 9.34.